The van der Waals surface area contributed by atoms with Crippen LogP contribution < -0.4 is 5.32 Å². The minimum Gasteiger partial charge on any atom is -0.447 e. The molecule has 0 aliphatic carbocycles. The van der Waals surface area contributed by atoms with Gasteiger partial charge in [0.2, 0.25) is 5.91 Å². The molecule has 1 N–H and O–H groups in total. The molecule has 0 aromatic heterocycles. The molecule has 16 heavy (non-hydrogen) atoms. The minimum atomic E-state index is -0.507. The first-order chi connectivity index (χ1) is 7.68. The summed E-state index contributed by atoms with van der Waals surface area (Å²) < 4.78 is 4.74. The molecule has 2 saturated heterocycles. The Balaban J connectivity index is 1.88. The predicted molar refractivity (Wildman–Crippen MR) is 57.0 cm³/mol. The fourth-order valence-electron chi connectivity index (χ4n) is 2.00. The van der Waals surface area contributed by atoms with Gasteiger partial charge >= 0.3 is 6.09 Å². The van der Waals surface area contributed by atoms with Crippen LogP contribution >= 0.6 is 0 Å². The lowest BCUT2D eigenvalue weighted by Crippen LogP contribution is -2.53. The summed E-state index contributed by atoms with van der Waals surface area (Å²) in [6, 6.07) is 0.330. The second-order valence-electron chi connectivity index (χ2n) is 4.18. The highest BCUT2D eigenvalue weighted by atomic mass is 16.6. The fraction of sp³-hybridized carbons (Fsp3) is 0.800. The predicted octanol–water partition coefficient (Wildman–Crippen LogP) is -0.741. The number of ether oxygens (including phenoxy) is 1. The summed E-state index contributed by atoms with van der Waals surface area (Å²) >= 11 is 0. The summed E-state index contributed by atoms with van der Waals surface area (Å²) in [5, 5.41) is 3.26. The van der Waals surface area contributed by atoms with Gasteiger partial charge in [-0.05, 0) is 6.92 Å². The largest absolute Gasteiger partial charge is 0.447 e. The highest BCUT2D eigenvalue weighted by Crippen LogP contribution is 2.07. The van der Waals surface area contributed by atoms with E-state index in [9.17, 15) is 9.59 Å². The van der Waals surface area contributed by atoms with Crippen molar-refractivity contribution in [3.63, 3.8) is 0 Å². The van der Waals surface area contributed by atoms with Gasteiger partial charge in [0.1, 0.15) is 6.61 Å². The Bertz CT molecular complexity index is 295. The molecule has 0 radical (unpaired) electrons. The summed E-state index contributed by atoms with van der Waals surface area (Å²) in [6.07, 6.45) is -0.507. The van der Waals surface area contributed by atoms with Crippen LogP contribution in [0.5, 0.6) is 0 Å². The molecule has 0 aromatic rings. The van der Waals surface area contributed by atoms with Crippen molar-refractivity contribution in [1.82, 2.24) is 15.1 Å². The van der Waals surface area contributed by atoms with E-state index in [-0.39, 0.29) is 5.91 Å². The Labute approximate surface area is 94.5 Å². The van der Waals surface area contributed by atoms with Crippen LogP contribution in [0.3, 0.4) is 0 Å². The molecule has 2 aliphatic rings. The monoisotopic (exact) mass is 227 g/mol. The van der Waals surface area contributed by atoms with Crippen LogP contribution in [0.4, 0.5) is 4.79 Å². The highest BCUT2D eigenvalue weighted by molar-refractivity contribution is 5.94. The molecule has 0 unspecified atom stereocenters. The summed E-state index contributed by atoms with van der Waals surface area (Å²) in [5.41, 5.74) is 0. The molecule has 2 heterocycles. The summed E-state index contributed by atoms with van der Waals surface area (Å²) in [6.45, 7) is 5.70. The van der Waals surface area contributed by atoms with Gasteiger partial charge in [-0.3, -0.25) is 9.69 Å². The second kappa shape index (κ2) is 4.80. The Morgan fingerprint density at radius 2 is 2.38 bits per heavy atom. The average molecular weight is 227 g/mol. The standard InChI is InChI=1S/C10H17N3O3/c1-8-6-11-2-3-12(8)7-9(14)13-4-5-16-10(13)15/h8,11H,2-7H2,1H3/t8-/m1/s1. The quantitative estimate of drug-likeness (QED) is 0.673. The number of carbonyl (C=O) groups is 2. The molecule has 90 valence electrons. The van der Waals surface area contributed by atoms with Crippen molar-refractivity contribution < 1.29 is 14.3 Å². The summed E-state index contributed by atoms with van der Waals surface area (Å²) in [5.74, 6) is -0.156. The van der Waals surface area contributed by atoms with Crippen LogP contribution in [-0.4, -0.2) is 67.2 Å². The molecule has 0 bridgehead atoms. The lowest BCUT2D eigenvalue weighted by Gasteiger charge is -2.33. The normalized spacial score (nSPS) is 26.9. The Kier molecular flexibility index (Phi) is 3.40. The van der Waals surface area contributed by atoms with E-state index >= 15 is 0 Å². The van der Waals surface area contributed by atoms with Gasteiger partial charge in [-0.1, -0.05) is 0 Å². The van der Waals surface area contributed by atoms with Crippen molar-refractivity contribution in [2.75, 3.05) is 39.3 Å². The van der Waals surface area contributed by atoms with Crippen molar-refractivity contribution in [2.45, 2.75) is 13.0 Å². The van der Waals surface area contributed by atoms with E-state index < -0.39 is 6.09 Å². The maximum absolute atomic E-state index is 11.8. The third-order valence-electron chi connectivity index (χ3n) is 3.04. The smallest absolute Gasteiger partial charge is 0.416 e. The van der Waals surface area contributed by atoms with E-state index in [0.29, 0.717) is 25.7 Å². The lowest BCUT2D eigenvalue weighted by molar-refractivity contribution is -0.129. The van der Waals surface area contributed by atoms with Gasteiger partial charge in [-0.2, -0.15) is 0 Å². The average Bonchev–Trinajstić information content (AvgIpc) is 2.68. The molecule has 6 nitrogen and oxygen atoms in total. The zero-order chi connectivity index (χ0) is 11.5. The maximum Gasteiger partial charge on any atom is 0.416 e. The van der Waals surface area contributed by atoms with E-state index in [1.807, 2.05) is 0 Å². The molecule has 0 spiro atoms. The topological polar surface area (TPSA) is 61.9 Å². The van der Waals surface area contributed by atoms with E-state index in [2.05, 4.69) is 17.1 Å². The summed E-state index contributed by atoms with van der Waals surface area (Å²) in [7, 11) is 0. The number of amides is 2. The van der Waals surface area contributed by atoms with Gasteiger partial charge in [-0.15, -0.1) is 0 Å². The number of imide groups is 1. The van der Waals surface area contributed by atoms with Crippen LogP contribution in [0, 0.1) is 0 Å². The third kappa shape index (κ3) is 2.33. The maximum atomic E-state index is 11.8. The van der Waals surface area contributed by atoms with E-state index in [1.165, 1.54) is 4.90 Å². The summed E-state index contributed by atoms with van der Waals surface area (Å²) in [4.78, 5) is 26.3. The molecule has 6 heteroatoms. The van der Waals surface area contributed by atoms with Crippen LogP contribution in [0.1, 0.15) is 6.92 Å². The Morgan fingerprint density at radius 1 is 1.56 bits per heavy atom. The number of carbonyl (C=O) groups excluding carboxylic acids is 2. The van der Waals surface area contributed by atoms with Gasteiger partial charge in [0.05, 0.1) is 13.1 Å². The fourth-order valence-corrected chi connectivity index (χ4v) is 2.00. The SMILES string of the molecule is C[C@@H]1CNCCN1CC(=O)N1CCOC1=O. The number of piperazine rings is 1. The van der Waals surface area contributed by atoms with Crippen molar-refractivity contribution in [3.05, 3.63) is 0 Å². The molecular formula is C10H17N3O3. The Morgan fingerprint density at radius 3 is 3.00 bits per heavy atom. The molecule has 2 aliphatic heterocycles. The van der Waals surface area contributed by atoms with Crippen LogP contribution in [0.2, 0.25) is 0 Å². The van der Waals surface area contributed by atoms with Crippen LogP contribution in [0.15, 0.2) is 0 Å². The molecule has 2 amide bonds. The molecular weight excluding hydrogens is 210 g/mol. The van der Waals surface area contributed by atoms with Crippen LogP contribution in [-0.2, 0) is 9.53 Å². The number of nitrogens with one attached hydrogen (secondary N) is 1. The molecule has 2 fully saturated rings. The van der Waals surface area contributed by atoms with Crippen molar-refractivity contribution >= 4 is 12.0 Å². The number of rotatable bonds is 2. The lowest BCUT2D eigenvalue weighted by atomic mass is 10.2. The zero-order valence-electron chi connectivity index (χ0n) is 9.44. The van der Waals surface area contributed by atoms with E-state index in [0.717, 1.165) is 19.6 Å². The van der Waals surface area contributed by atoms with Gasteiger partial charge in [0.15, 0.2) is 0 Å². The Hall–Kier alpha value is -1.14. The molecule has 1 atom stereocenters. The van der Waals surface area contributed by atoms with Crippen LogP contribution in [0.25, 0.3) is 0 Å². The molecule has 0 aromatic carbocycles. The van der Waals surface area contributed by atoms with Crippen molar-refractivity contribution in [2.24, 2.45) is 0 Å². The van der Waals surface area contributed by atoms with Gasteiger partial charge in [-0.25, -0.2) is 9.69 Å². The van der Waals surface area contributed by atoms with E-state index in [4.69, 9.17) is 4.74 Å². The first kappa shape index (κ1) is 11.3. The second-order valence-corrected chi connectivity index (χ2v) is 4.18. The molecule has 0 saturated carbocycles. The number of nitrogens with zero attached hydrogens (tertiary/aromatic N) is 2. The highest BCUT2D eigenvalue weighted by Gasteiger charge is 2.30. The van der Waals surface area contributed by atoms with Crippen molar-refractivity contribution in [3.8, 4) is 0 Å². The number of cyclic esters (lactones) is 1. The van der Waals surface area contributed by atoms with Gasteiger partial charge in [0.25, 0.3) is 0 Å². The minimum absolute atomic E-state index is 0.156. The zero-order valence-corrected chi connectivity index (χ0v) is 9.44. The van der Waals surface area contributed by atoms with E-state index in [1.54, 1.807) is 0 Å². The van der Waals surface area contributed by atoms with Gasteiger partial charge < -0.3 is 10.1 Å². The molecule has 2 rings (SSSR count). The number of hydrogen-bond acceptors (Lipinski definition) is 5. The van der Waals surface area contributed by atoms with Crippen molar-refractivity contribution in [1.29, 1.82) is 0 Å². The first-order valence-electron chi connectivity index (χ1n) is 5.60. The first-order valence-corrected chi connectivity index (χ1v) is 5.60. The number of hydrogen-bond donors (Lipinski definition) is 1. The van der Waals surface area contributed by atoms with Gasteiger partial charge in [0, 0.05) is 25.7 Å². The third-order valence-corrected chi connectivity index (χ3v) is 3.04.